The first kappa shape index (κ1) is 22.6. The maximum atomic E-state index is 12.7. The largest absolute Gasteiger partial charge is 0.496 e. The SMILES string of the molecule is CC[C@H](C)c1ccc(NC(=O)CN2C(=O)CS/C2=C\C(=O)c2ccccc2OC)cc1. The van der Waals surface area contributed by atoms with Crippen LogP contribution in [0.15, 0.2) is 59.6 Å². The van der Waals surface area contributed by atoms with Crippen LogP contribution in [0, 0.1) is 0 Å². The number of hydrogen-bond acceptors (Lipinski definition) is 5. The van der Waals surface area contributed by atoms with Crippen molar-refractivity contribution in [1.29, 1.82) is 0 Å². The third-order valence-electron chi connectivity index (χ3n) is 5.22. The molecule has 2 amide bonds. The zero-order chi connectivity index (χ0) is 22.4. The van der Waals surface area contributed by atoms with E-state index in [0.29, 0.717) is 27.9 Å². The van der Waals surface area contributed by atoms with Gasteiger partial charge in [-0.2, -0.15) is 0 Å². The van der Waals surface area contributed by atoms with Crippen LogP contribution in [0.5, 0.6) is 5.75 Å². The number of thioether (sulfide) groups is 1. The minimum Gasteiger partial charge on any atom is -0.496 e. The third-order valence-corrected chi connectivity index (χ3v) is 6.24. The van der Waals surface area contributed by atoms with Crippen LogP contribution in [0.3, 0.4) is 0 Å². The molecule has 2 aromatic rings. The Balaban J connectivity index is 1.69. The van der Waals surface area contributed by atoms with Gasteiger partial charge in [-0.25, -0.2) is 0 Å². The monoisotopic (exact) mass is 438 g/mol. The molecule has 1 heterocycles. The number of methoxy groups -OCH3 is 1. The van der Waals surface area contributed by atoms with Gasteiger partial charge in [0, 0.05) is 11.8 Å². The highest BCUT2D eigenvalue weighted by molar-refractivity contribution is 8.04. The summed E-state index contributed by atoms with van der Waals surface area (Å²) in [5, 5.41) is 3.28. The zero-order valence-electron chi connectivity index (χ0n) is 17.9. The van der Waals surface area contributed by atoms with Gasteiger partial charge in [0.15, 0.2) is 5.78 Å². The second-order valence-corrected chi connectivity index (χ2v) is 8.29. The lowest BCUT2D eigenvalue weighted by Crippen LogP contribution is -2.34. The second kappa shape index (κ2) is 10.3. The van der Waals surface area contributed by atoms with Crippen molar-refractivity contribution < 1.29 is 19.1 Å². The van der Waals surface area contributed by atoms with Crippen molar-refractivity contribution in [3.05, 3.63) is 70.8 Å². The van der Waals surface area contributed by atoms with Gasteiger partial charge >= 0.3 is 0 Å². The summed E-state index contributed by atoms with van der Waals surface area (Å²) in [5.41, 5.74) is 2.29. The van der Waals surface area contributed by atoms with E-state index in [-0.39, 0.29) is 29.9 Å². The molecule has 3 rings (SSSR count). The van der Waals surface area contributed by atoms with Crippen molar-refractivity contribution in [3.8, 4) is 5.75 Å². The van der Waals surface area contributed by atoms with Gasteiger partial charge < -0.3 is 10.1 Å². The van der Waals surface area contributed by atoms with Crippen molar-refractivity contribution in [2.45, 2.75) is 26.2 Å². The lowest BCUT2D eigenvalue weighted by molar-refractivity contribution is -0.129. The normalized spacial score (nSPS) is 15.8. The molecule has 0 spiro atoms. The Labute approximate surface area is 186 Å². The molecule has 162 valence electrons. The summed E-state index contributed by atoms with van der Waals surface area (Å²) in [6, 6.07) is 14.6. The Morgan fingerprint density at radius 1 is 1.19 bits per heavy atom. The van der Waals surface area contributed by atoms with Crippen LogP contribution in [0.25, 0.3) is 0 Å². The molecule has 1 aliphatic rings. The van der Waals surface area contributed by atoms with Gasteiger partial charge in [-0.3, -0.25) is 19.3 Å². The fraction of sp³-hybridized carbons (Fsp3) is 0.292. The molecule has 0 unspecified atom stereocenters. The number of para-hydroxylation sites is 1. The molecule has 7 heteroatoms. The van der Waals surface area contributed by atoms with Crippen LogP contribution in [0.1, 0.15) is 42.1 Å². The summed E-state index contributed by atoms with van der Waals surface area (Å²) in [5.74, 6) is 0.318. The smallest absolute Gasteiger partial charge is 0.244 e. The maximum absolute atomic E-state index is 12.7. The molecule has 0 saturated carbocycles. The lowest BCUT2D eigenvalue weighted by Gasteiger charge is -2.17. The minimum atomic E-state index is -0.317. The highest BCUT2D eigenvalue weighted by atomic mass is 32.2. The van der Waals surface area contributed by atoms with E-state index in [2.05, 4.69) is 19.2 Å². The molecule has 6 nitrogen and oxygen atoms in total. The first-order valence-corrected chi connectivity index (χ1v) is 11.1. The summed E-state index contributed by atoms with van der Waals surface area (Å²) in [7, 11) is 1.50. The van der Waals surface area contributed by atoms with Crippen molar-refractivity contribution >= 4 is 35.0 Å². The minimum absolute atomic E-state index is 0.149. The van der Waals surface area contributed by atoms with E-state index < -0.39 is 0 Å². The number of ether oxygens (including phenoxy) is 1. The van der Waals surface area contributed by atoms with E-state index in [0.717, 1.165) is 6.42 Å². The molecule has 1 N–H and O–H groups in total. The van der Waals surface area contributed by atoms with Gasteiger partial charge in [-0.1, -0.05) is 49.9 Å². The Hall–Kier alpha value is -3.06. The summed E-state index contributed by atoms with van der Waals surface area (Å²) >= 11 is 1.25. The van der Waals surface area contributed by atoms with Crippen molar-refractivity contribution in [1.82, 2.24) is 4.90 Å². The van der Waals surface area contributed by atoms with Crippen molar-refractivity contribution in [2.75, 3.05) is 24.7 Å². The number of anilines is 1. The van der Waals surface area contributed by atoms with Crippen molar-refractivity contribution in [2.24, 2.45) is 0 Å². The summed E-state index contributed by atoms with van der Waals surface area (Å²) < 4.78 is 5.24. The van der Waals surface area contributed by atoms with E-state index in [9.17, 15) is 14.4 Å². The Morgan fingerprint density at radius 2 is 1.90 bits per heavy atom. The summed E-state index contributed by atoms with van der Waals surface area (Å²) in [6.45, 7) is 4.14. The van der Waals surface area contributed by atoms with Crippen molar-refractivity contribution in [3.63, 3.8) is 0 Å². The van der Waals surface area contributed by atoms with Crippen LogP contribution in [-0.2, 0) is 9.59 Å². The molecule has 2 aromatic carbocycles. The zero-order valence-corrected chi connectivity index (χ0v) is 18.7. The summed E-state index contributed by atoms with van der Waals surface area (Å²) in [6.07, 6.45) is 2.44. The quantitative estimate of drug-likeness (QED) is 0.487. The van der Waals surface area contributed by atoms with Crippen LogP contribution in [-0.4, -0.2) is 41.9 Å². The first-order chi connectivity index (χ1) is 14.9. The number of amides is 2. The van der Waals surface area contributed by atoms with Gasteiger partial charge in [0.25, 0.3) is 0 Å². The van der Waals surface area contributed by atoms with Gasteiger partial charge in [0.05, 0.1) is 23.5 Å². The molecule has 31 heavy (non-hydrogen) atoms. The molecule has 0 aliphatic carbocycles. The van der Waals surface area contributed by atoms with Crippen LogP contribution in [0.4, 0.5) is 5.69 Å². The van der Waals surface area contributed by atoms with E-state index in [4.69, 9.17) is 4.74 Å². The van der Waals surface area contributed by atoms with Crippen LogP contribution < -0.4 is 10.1 Å². The van der Waals surface area contributed by atoms with Crippen LogP contribution in [0.2, 0.25) is 0 Å². The second-order valence-electron chi connectivity index (χ2n) is 7.30. The van der Waals surface area contributed by atoms with E-state index in [1.54, 1.807) is 24.3 Å². The number of rotatable bonds is 8. The average Bonchev–Trinajstić information content (AvgIpc) is 3.12. The Kier molecular flexibility index (Phi) is 7.52. The van der Waals surface area contributed by atoms with E-state index in [1.165, 1.54) is 35.4 Å². The van der Waals surface area contributed by atoms with Gasteiger partial charge in [-0.15, -0.1) is 0 Å². The highest BCUT2D eigenvalue weighted by Crippen LogP contribution is 2.30. The lowest BCUT2D eigenvalue weighted by atomic mass is 9.99. The molecule has 0 aromatic heterocycles. The maximum Gasteiger partial charge on any atom is 0.244 e. The molecule has 0 radical (unpaired) electrons. The predicted octanol–water partition coefficient (Wildman–Crippen LogP) is 4.45. The third kappa shape index (κ3) is 5.55. The molecule has 0 bridgehead atoms. The number of benzene rings is 2. The molecule has 1 fully saturated rings. The molecular formula is C24H26N2O4S. The number of ketones is 1. The fourth-order valence-corrected chi connectivity index (χ4v) is 4.15. The molecule has 1 saturated heterocycles. The number of nitrogens with one attached hydrogen (secondary N) is 1. The Bertz CT molecular complexity index is 1000. The van der Waals surface area contributed by atoms with Gasteiger partial charge in [0.1, 0.15) is 12.3 Å². The number of carbonyl (C=O) groups excluding carboxylic acids is 3. The molecular weight excluding hydrogens is 412 g/mol. The van der Waals surface area contributed by atoms with Crippen LogP contribution >= 0.6 is 11.8 Å². The predicted molar refractivity (Wildman–Crippen MR) is 123 cm³/mol. The topological polar surface area (TPSA) is 75.7 Å². The number of hydrogen-bond donors (Lipinski definition) is 1. The fourth-order valence-electron chi connectivity index (χ4n) is 3.21. The first-order valence-electron chi connectivity index (χ1n) is 10.1. The molecule has 1 atom stereocenters. The average molecular weight is 439 g/mol. The van der Waals surface area contributed by atoms with Gasteiger partial charge in [-0.05, 0) is 42.2 Å². The number of nitrogens with zero attached hydrogens (tertiary/aromatic N) is 1. The number of carbonyl (C=O) groups is 3. The van der Waals surface area contributed by atoms with E-state index in [1.807, 2.05) is 24.3 Å². The number of allylic oxidation sites excluding steroid dienone is 1. The van der Waals surface area contributed by atoms with Gasteiger partial charge in [0.2, 0.25) is 11.8 Å². The van der Waals surface area contributed by atoms with E-state index >= 15 is 0 Å². The Morgan fingerprint density at radius 3 is 2.58 bits per heavy atom. The standard InChI is InChI=1S/C24H26N2O4S/c1-4-16(2)17-9-11-18(12-10-17)25-22(28)14-26-23(29)15-31-24(26)13-20(27)19-7-5-6-8-21(19)30-3/h5-13,16H,4,14-15H2,1-3H3,(H,25,28)/b24-13-/t16-/m0/s1. The highest BCUT2D eigenvalue weighted by Gasteiger charge is 2.29. The summed E-state index contributed by atoms with van der Waals surface area (Å²) in [4.78, 5) is 38.9. The molecule has 1 aliphatic heterocycles.